The van der Waals surface area contributed by atoms with E-state index < -0.39 is 20.9 Å². The molecule has 1 amide bonds. The van der Waals surface area contributed by atoms with Gasteiger partial charge in [-0.15, -0.1) is 0 Å². The van der Waals surface area contributed by atoms with Crippen LogP contribution in [0.5, 0.6) is 0 Å². The Bertz CT molecular complexity index is 972. The van der Waals surface area contributed by atoms with Crippen molar-refractivity contribution in [1.82, 2.24) is 4.72 Å². The highest BCUT2D eigenvalue weighted by Gasteiger charge is 2.24. The van der Waals surface area contributed by atoms with E-state index in [1.165, 1.54) is 24.3 Å². The van der Waals surface area contributed by atoms with E-state index in [2.05, 4.69) is 5.32 Å². The van der Waals surface area contributed by atoms with E-state index in [0.717, 1.165) is 12.5 Å². The van der Waals surface area contributed by atoms with Gasteiger partial charge in [0.05, 0.1) is 16.4 Å². The Hall–Kier alpha value is -2.98. The number of sulfonamides is 1. The number of anilines is 1. The van der Waals surface area contributed by atoms with E-state index in [1.54, 1.807) is 18.2 Å². The van der Waals surface area contributed by atoms with Crippen molar-refractivity contribution in [2.45, 2.75) is 11.3 Å². The molecule has 0 radical (unpaired) electrons. The first-order valence-corrected chi connectivity index (χ1v) is 10.1. The van der Waals surface area contributed by atoms with Crippen LogP contribution in [0.15, 0.2) is 53.4 Å². The Balaban J connectivity index is 1.79. The highest BCUT2D eigenvalue weighted by Crippen LogP contribution is 2.28. The maximum Gasteiger partial charge on any atom is 0.293 e. The standard InChI is InChI=1S/C18H19N3O6S/c22-18(14-4-2-1-3-5-14)20-28(25,26)15-6-7-16(17(10-15)21(23)24)19-11-13-8-9-27-12-13/h1-7,10,13,19H,8-9,11-12H2,(H,20,22). The smallest absolute Gasteiger partial charge is 0.293 e. The molecule has 1 aliphatic heterocycles. The summed E-state index contributed by atoms with van der Waals surface area (Å²) < 4.78 is 32.1. The van der Waals surface area contributed by atoms with Gasteiger partial charge in [-0.3, -0.25) is 14.9 Å². The van der Waals surface area contributed by atoms with Gasteiger partial charge >= 0.3 is 0 Å². The lowest BCUT2D eigenvalue weighted by atomic mass is 10.1. The molecule has 0 spiro atoms. The molecule has 1 aliphatic rings. The molecule has 148 valence electrons. The van der Waals surface area contributed by atoms with Crippen molar-refractivity contribution < 1.29 is 22.9 Å². The van der Waals surface area contributed by atoms with E-state index in [9.17, 15) is 23.3 Å². The maximum absolute atomic E-state index is 12.5. The molecule has 1 heterocycles. The number of carbonyl (C=O) groups excluding carboxylic acids is 1. The zero-order valence-electron chi connectivity index (χ0n) is 14.8. The molecule has 28 heavy (non-hydrogen) atoms. The van der Waals surface area contributed by atoms with Crippen molar-refractivity contribution in [1.29, 1.82) is 0 Å². The minimum Gasteiger partial charge on any atom is -0.381 e. The molecule has 2 N–H and O–H groups in total. The molecule has 1 saturated heterocycles. The average Bonchev–Trinajstić information content (AvgIpc) is 3.20. The molecule has 2 aromatic rings. The monoisotopic (exact) mass is 405 g/mol. The van der Waals surface area contributed by atoms with Crippen LogP contribution < -0.4 is 10.0 Å². The van der Waals surface area contributed by atoms with Gasteiger partial charge in [-0.05, 0) is 30.7 Å². The first-order chi connectivity index (χ1) is 13.4. The van der Waals surface area contributed by atoms with Crippen LogP contribution in [-0.2, 0) is 14.8 Å². The lowest BCUT2D eigenvalue weighted by Gasteiger charge is -2.12. The SMILES string of the molecule is O=C(NS(=O)(=O)c1ccc(NCC2CCOC2)c([N+](=O)[O-])c1)c1ccccc1. The van der Waals surface area contributed by atoms with Crippen LogP contribution in [0.3, 0.4) is 0 Å². The van der Waals surface area contributed by atoms with Gasteiger partial charge in [-0.1, -0.05) is 18.2 Å². The molecule has 1 atom stereocenters. The van der Waals surface area contributed by atoms with E-state index >= 15 is 0 Å². The Morgan fingerprint density at radius 3 is 2.61 bits per heavy atom. The second-order valence-electron chi connectivity index (χ2n) is 6.35. The lowest BCUT2D eigenvalue weighted by Crippen LogP contribution is -2.30. The van der Waals surface area contributed by atoms with Crippen molar-refractivity contribution in [3.05, 3.63) is 64.2 Å². The minimum atomic E-state index is -4.26. The summed E-state index contributed by atoms with van der Waals surface area (Å²) in [4.78, 5) is 22.5. The van der Waals surface area contributed by atoms with Crippen molar-refractivity contribution >= 4 is 27.3 Å². The van der Waals surface area contributed by atoms with Crippen molar-refractivity contribution in [3.63, 3.8) is 0 Å². The van der Waals surface area contributed by atoms with Gasteiger partial charge in [0.25, 0.3) is 21.6 Å². The van der Waals surface area contributed by atoms with Gasteiger partial charge in [-0.2, -0.15) is 0 Å². The number of ether oxygens (including phenoxy) is 1. The number of amides is 1. The number of nitro groups is 1. The number of rotatable bonds is 7. The third kappa shape index (κ3) is 4.65. The van der Waals surface area contributed by atoms with Crippen LogP contribution in [0.4, 0.5) is 11.4 Å². The second kappa shape index (κ2) is 8.36. The zero-order valence-corrected chi connectivity index (χ0v) is 15.6. The van der Waals surface area contributed by atoms with Crippen LogP contribution in [0, 0.1) is 16.0 Å². The summed E-state index contributed by atoms with van der Waals surface area (Å²) in [5, 5.41) is 14.4. The summed E-state index contributed by atoms with van der Waals surface area (Å²) in [6, 6.07) is 11.3. The molecule has 2 aromatic carbocycles. The largest absolute Gasteiger partial charge is 0.381 e. The third-order valence-electron chi connectivity index (χ3n) is 4.34. The van der Waals surface area contributed by atoms with Gasteiger partial charge in [0, 0.05) is 30.7 Å². The van der Waals surface area contributed by atoms with Gasteiger partial charge in [-0.25, -0.2) is 13.1 Å². The van der Waals surface area contributed by atoms with Crippen LogP contribution in [-0.4, -0.2) is 39.0 Å². The number of hydrogen-bond donors (Lipinski definition) is 2. The fraction of sp³-hybridized carbons (Fsp3) is 0.278. The quantitative estimate of drug-likeness (QED) is 0.534. The fourth-order valence-electron chi connectivity index (χ4n) is 2.81. The van der Waals surface area contributed by atoms with E-state index in [-0.39, 0.29) is 27.8 Å². The number of nitro benzene ring substituents is 1. The molecule has 0 bridgehead atoms. The lowest BCUT2D eigenvalue weighted by molar-refractivity contribution is -0.384. The molecular formula is C18H19N3O6S. The molecule has 0 aliphatic carbocycles. The first kappa shape index (κ1) is 19.8. The molecule has 3 rings (SSSR count). The fourth-order valence-corrected chi connectivity index (χ4v) is 3.80. The highest BCUT2D eigenvalue weighted by atomic mass is 32.2. The number of nitrogens with zero attached hydrogens (tertiary/aromatic N) is 1. The molecule has 1 fully saturated rings. The maximum atomic E-state index is 12.5. The summed E-state index contributed by atoms with van der Waals surface area (Å²) in [5.74, 6) is -0.570. The summed E-state index contributed by atoms with van der Waals surface area (Å²) >= 11 is 0. The number of carbonyl (C=O) groups is 1. The highest BCUT2D eigenvalue weighted by molar-refractivity contribution is 7.90. The van der Waals surface area contributed by atoms with Crippen molar-refractivity contribution in [3.8, 4) is 0 Å². The van der Waals surface area contributed by atoms with Crippen LogP contribution in [0.25, 0.3) is 0 Å². The average molecular weight is 405 g/mol. The summed E-state index contributed by atoms with van der Waals surface area (Å²) in [7, 11) is -4.26. The molecule has 10 heteroatoms. The normalized spacial score (nSPS) is 16.5. The van der Waals surface area contributed by atoms with E-state index in [0.29, 0.717) is 19.8 Å². The Labute approximate surface area is 161 Å². The predicted molar refractivity (Wildman–Crippen MR) is 102 cm³/mol. The molecule has 1 unspecified atom stereocenters. The van der Waals surface area contributed by atoms with E-state index in [1.807, 2.05) is 4.72 Å². The van der Waals surface area contributed by atoms with Crippen molar-refractivity contribution in [2.24, 2.45) is 5.92 Å². The Morgan fingerprint density at radius 2 is 1.96 bits per heavy atom. The van der Waals surface area contributed by atoms with Gasteiger partial charge in [0.1, 0.15) is 5.69 Å². The van der Waals surface area contributed by atoms with Crippen molar-refractivity contribution in [2.75, 3.05) is 25.1 Å². The second-order valence-corrected chi connectivity index (χ2v) is 8.03. The molecular weight excluding hydrogens is 386 g/mol. The number of nitrogens with one attached hydrogen (secondary N) is 2. The van der Waals surface area contributed by atoms with Gasteiger partial charge in [0.15, 0.2) is 0 Å². The first-order valence-electron chi connectivity index (χ1n) is 8.59. The topological polar surface area (TPSA) is 128 Å². The van der Waals surface area contributed by atoms with E-state index in [4.69, 9.17) is 4.74 Å². The minimum absolute atomic E-state index is 0.164. The van der Waals surface area contributed by atoms with Crippen LogP contribution in [0.2, 0.25) is 0 Å². The van der Waals surface area contributed by atoms with Gasteiger partial charge < -0.3 is 10.1 Å². The third-order valence-corrected chi connectivity index (χ3v) is 5.67. The summed E-state index contributed by atoms with van der Waals surface area (Å²) in [5.41, 5.74) is -0.00293. The predicted octanol–water partition coefficient (Wildman–Crippen LogP) is 2.16. The molecule has 9 nitrogen and oxygen atoms in total. The number of hydrogen-bond acceptors (Lipinski definition) is 7. The Morgan fingerprint density at radius 1 is 1.21 bits per heavy atom. The van der Waals surface area contributed by atoms with Crippen LogP contribution in [0.1, 0.15) is 16.8 Å². The van der Waals surface area contributed by atoms with Crippen LogP contribution >= 0.6 is 0 Å². The molecule has 0 saturated carbocycles. The Kier molecular flexibility index (Phi) is 5.90. The zero-order chi connectivity index (χ0) is 20.1. The number of benzene rings is 2. The summed E-state index contributed by atoms with van der Waals surface area (Å²) in [6.45, 7) is 1.73. The summed E-state index contributed by atoms with van der Waals surface area (Å²) in [6.07, 6.45) is 0.860. The molecule has 0 aromatic heterocycles. The van der Waals surface area contributed by atoms with Gasteiger partial charge in [0.2, 0.25) is 0 Å².